The predicted molar refractivity (Wildman–Crippen MR) is 95.2 cm³/mol. The topological polar surface area (TPSA) is 83.4 Å². The minimum Gasteiger partial charge on any atom is -0.480 e. The van der Waals surface area contributed by atoms with Gasteiger partial charge in [0.2, 0.25) is 11.3 Å². The van der Waals surface area contributed by atoms with E-state index in [1.54, 1.807) is 7.05 Å². The molecule has 132 valence electrons. The van der Waals surface area contributed by atoms with Crippen molar-refractivity contribution in [2.24, 2.45) is 0 Å². The molecule has 1 fully saturated rings. The summed E-state index contributed by atoms with van der Waals surface area (Å²) in [5, 5.41) is 9.80. The Morgan fingerprint density at radius 3 is 2.19 bits per heavy atom. The summed E-state index contributed by atoms with van der Waals surface area (Å²) in [6, 6.07) is 9.47. The van der Waals surface area contributed by atoms with E-state index in [1.165, 1.54) is 17.3 Å². The third-order valence-electron chi connectivity index (χ3n) is 4.80. The fourth-order valence-electron chi connectivity index (χ4n) is 3.12. The number of carboxylic acids is 1. The lowest BCUT2D eigenvalue weighted by atomic mass is 9.80. The largest absolute Gasteiger partial charge is 0.480 e. The second kappa shape index (κ2) is 6.26. The number of benzene rings is 1. The standard InChI is InChI=1S/C20H19N3O3/c1-19(2)13-20(18(25)26,17(24)23(19)3)16-21-11-15(12-22-16)10-9-14-7-5-4-6-8-14/h4-8,11-12H,13H2,1-3H3,(H,25,26)/t20-/m0/s1. The third kappa shape index (κ3) is 2.82. The van der Waals surface area contributed by atoms with Gasteiger partial charge in [0.15, 0.2) is 5.82 Å². The quantitative estimate of drug-likeness (QED) is 0.661. The number of hydrogen-bond donors (Lipinski definition) is 1. The molecular weight excluding hydrogens is 330 g/mol. The fraction of sp³-hybridized carbons (Fsp3) is 0.300. The summed E-state index contributed by atoms with van der Waals surface area (Å²) in [6.07, 6.45) is 3.03. The third-order valence-corrected chi connectivity index (χ3v) is 4.80. The van der Waals surface area contributed by atoms with Crippen molar-refractivity contribution < 1.29 is 14.7 Å². The lowest BCUT2D eigenvalue weighted by Crippen LogP contribution is -2.45. The number of rotatable bonds is 2. The highest BCUT2D eigenvalue weighted by molar-refractivity contribution is 6.09. The molecule has 0 aliphatic carbocycles. The van der Waals surface area contributed by atoms with Crippen LogP contribution in [-0.2, 0) is 15.0 Å². The molecule has 6 nitrogen and oxygen atoms in total. The molecule has 26 heavy (non-hydrogen) atoms. The molecule has 2 heterocycles. The van der Waals surface area contributed by atoms with Crippen LogP contribution in [0.2, 0.25) is 0 Å². The zero-order valence-electron chi connectivity index (χ0n) is 14.9. The first-order valence-electron chi connectivity index (χ1n) is 8.19. The van der Waals surface area contributed by atoms with E-state index < -0.39 is 22.8 Å². The second-order valence-electron chi connectivity index (χ2n) is 6.98. The summed E-state index contributed by atoms with van der Waals surface area (Å²) < 4.78 is 0. The van der Waals surface area contributed by atoms with Crippen LogP contribution in [0.1, 0.15) is 37.2 Å². The number of hydrogen-bond acceptors (Lipinski definition) is 4. The van der Waals surface area contributed by atoms with Crippen LogP contribution in [0.25, 0.3) is 0 Å². The Morgan fingerprint density at radius 1 is 1.12 bits per heavy atom. The number of aromatic nitrogens is 2. The highest BCUT2D eigenvalue weighted by Crippen LogP contribution is 2.42. The Kier molecular flexibility index (Phi) is 4.25. The summed E-state index contributed by atoms with van der Waals surface area (Å²) in [6.45, 7) is 3.66. The van der Waals surface area contributed by atoms with E-state index in [1.807, 2.05) is 44.2 Å². The molecule has 3 rings (SSSR count). The van der Waals surface area contributed by atoms with Gasteiger partial charge in [-0.1, -0.05) is 30.0 Å². The van der Waals surface area contributed by atoms with E-state index in [0.29, 0.717) is 5.56 Å². The molecule has 1 atom stereocenters. The van der Waals surface area contributed by atoms with Crippen molar-refractivity contribution in [3.8, 4) is 11.8 Å². The van der Waals surface area contributed by atoms with Crippen LogP contribution in [0.5, 0.6) is 0 Å². The number of aliphatic carboxylic acids is 1. The molecule has 0 unspecified atom stereocenters. The van der Waals surface area contributed by atoms with E-state index >= 15 is 0 Å². The van der Waals surface area contributed by atoms with Crippen LogP contribution in [0, 0.1) is 11.8 Å². The molecule has 1 aromatic heterocycles. The van der Waals surface area contributed by atoms with Crippen molar-refractivity contribution in [2.75, 3.05) is 7.05 Å². The van der Waals surface area contributed by atoms with Crippen molar-refractivity contribution in [1.29, 1.82) is 0 Å². The molecule has 1 aromatic carbocycles. The van der Waals surface area contributed by atoms with Gasteiger partial charge in [-0.2, -0.15) is 0 Å². The zero-order valence-corrected chi connectivity index (χ0v) is 14.9. The van der Waals surface area contributed by atoms with Crippen molar-refractivity contribution in [2.45, 2.75) is 31.2 Å². The van der Waals surface area contributed by atoms with Gasteiger partial charge in [0, 0.05) is 37.0 Å². The van der Waals surface area contributed by atoms with E-state index in [4.69, 9.17) is 0 Å². The van der Waals surface area contributed by atoms with Gasteiger partial charge >= 0.3 is 5.97 Å². The van der Waals surface area contributed by atoms with Crippen LogP contribution < -0.4 is 0 Å². The number of likely N-dealkylation sites (N-methyl/N-ethyl adjacent to an activating group) is 1. The summed E-state index contributed by atoms with van der Waals surface area (Å²) in [4.78, 5) is 34.5. The maximum atomic E-state index is 12.7. The zero-order chi connectivity index (χ0) is 18.9. The van der Waals surface area contributed by atoms with E-state index in [2.05, 4.69) is 21.8 Å². The van der Waals surface area contributed by atoms with Crippen LogP contribution in [-0.4, -0.2) is 44.4 Å². The number of carbonyl (C=O) groups excluding carboxylic acids is 1. The molecule has 0 radical (unpaired) electrons. The Bertz CT molecular complexity index is 911. The molecule has 6 heteroatoms. The molecule has 0 spiro atoms. The first-order chi connectivity index (χ1) is 12.3. The second-order valence-corrected chi connectivity index (χ2v) is 6.98. The predicted octanol–water partition coefficient (Wildman–Crippen LogP) is 1.84. The van der Waals surface area contributed by atoms with Gasteiger partial charge in [0.05, 0.1) is 5.56 Å². The normalized spacial score (nSPS) is 21.2. The number of amides is 1. The van der Waals surface area contributed by atoms with E-state index in [9.17, 15) is 14.7 Å². The van der Waals surface area contributed by atoms with E-state index in [-0.39, 0.29) is 12.2 Å². The highest BCUT2D eigenvalue weighted by atomic mass is 16.4. The Balaban J connectivity index is 1.95. The van der Waals surface area contributed by atoms with Gasteiger partial charge in [0.1, 0.15) is 0 Å². The number of carbonyl (C=O) groups is 2. The average molecular weight is 349 g/mol. The number of carboxylic acid groups (broad SMARTS) is 1. The Hall–Kier alpha value is -3.20. The van der Waals surface area contributed by atoms with Gasteiger partial charge in [-0.05, 0) is 26.0 Å². The Morgan fingerprint density at radius 2 is 1.69 bits per heavy atom. The summed E-state index contributed by atoms with van der Waals surface area (Å²) >= 11 is 0. The van der Waals surface area contributed by atoms with Crippen LogP contribution in [0.3, 0.4) is 0 Å². The number of nitrogens with zero attached hydrogens (tertiary/aromatic N) is 3. The molecule has 1 saturated heterocycles. The lowest BCUT2D eigenvalue weighted by Gasteiger charge is -2.26. The van der Waals surface area contributed by atoms with Gasteiger partial charge in [0.25, 0.3) is 0 Å². The minimum absolute atomic E-state index is 0.00214. The lowest BCUT2D eigenvalue weighted by molar-refractivity contribution is -0.150. The summed E-state index contributed by atoms with van der Waals surface area (Å²) in [5.41, 5.74) is -0.946. The molecule has 1 aliphatic heterocycles. The van der Waals surface area contributed by atoms with Crippen molar-refractivity contribution in [3.63, 3.8) is 0 Å². The van der Waals surface area contributed by atoms with E-state index in [0.717, 1.165) is 5.56 Å². The minimum atomic E-state index is -1.76. The van der Waals surface area contributed by atoms with Gasteiger partial charge < -0.3 is 10.0 Å². The van der Waals surface area contributed by atoms with Crippen LogP contribution in [0.4, 0.5) is 0 Å². The van der Waals surface area contributed by atoms with Crippen molar-refractivity contribution >= 4 is 11.9 Å². The van der Waals surface area contributed by atoms with Crippen LogP contribution >= 0.6 is 0 Å². The van der Waals surface area contributed by atoms with Crippen molar-refractivity contribution in [3.05, 3.63) is 59.7 Å². The SMILES string of the molecule is CN1C(=O)[C@@](C(=O)O)(c2ncc(C#Cc3ccccc3)cn2)CC1(C)C. The average Bonchev–Trinajstić information content (AvgIpc) is 2.82. The Labute approximate surface area is 151 Å². The molecule has 1 amide bonds. The number of likely N-dealkylation sites (tertiary alicyclic amines) is 1. The first kappa shape index (κ1) is 17.6. The summed E-state index contributed by atoms with van der Waals surface area (Å²) in [5.74, 6) is 4.19. The first-order valence-corrected chi connectivity index (χ1v) is 8.19. The highest BCUT2D eigenvalue weighted by Gasteiger charge is 2.62. The van der Waals surface area contributed by atoms with Crippen LogP contribution in [0.15, 0.2) is 42.7 Å². The molecule has 0 saturated carbocycles. The molecule has 2 aromatic rings. The maximum Gasteiger partial charge on any atom is 0.327 e. The van der Waals surface area contributed by atoms with Gasteiger partial charge in [-0.15, -0.1) is 0 Å². The molecule has 1 aliphatic rings. The van der Waals surface area contributed by atoms with Gasteiger partial charge in [-0.3, -0.25) is 9.59 Å². The summed E-state index contributed by atoms with van der Waals surface area (Å²) in [7, 11) is 1.60. The van der Waals surface area contributed by atoms with Crippen molar-refractivity contribution in [1.82, 2.24) is 14.9 Å². The molecule has 1 N–H and O–H groups in total. The maximum absolute atomic E-state index is 12.7. The molecule has 0 bridgehead atoms. The smallest absolute Gasteiger partial charge is 0.327 e. The van der Waals surface area contributed by atoms with Gasteiger partial charge in [-0.25, -0.2) is 9.97 Å². The monoisotopic (exact) mass is 349 g/mol. The fourth-order valence-corrected chi connectivity index (χ4v) is 3.12. The molecular formula is C20H19N3O3.